The molecule has 0 bridgehead atoms. The van der Waals surface area contributed by atoms with E-state index in [4.69, 9.17) is 15.2 Å². The third kappa shape index (κ3) is 3.53. The van der Waals surface area contributed by atoms with Gasteiger partial charge in [-0.3, -0.25) is 0 Å². The van der Waals surface area contributed by atoms with E-state index >= 15 is 0 Å². The van der Waals surface area contributed by atoms with Crippen molar-refractivity contribution in [1.82, 2.24) is 0 Å². The molecular formula is C12H17NO2. The fraction of sp³-hybridized carbons (Fsp3) is 0.500. The van der Waals surface area contributed by atoms with Crippen molar-refractivity contribution < 1.29 is 9.47 Å². The molecule has 0 aromatic heterocycles. The maximum absolute atomic E-state index is 5.50. The summed E-state index contributed by atoms with van der Waals surface area (Å²) in [5.41, 5.74) is 6.61. The minimum atomic E-state index is 0.346. The predicted molar refractivity (Wildman–Crippen MR) is 58.5 cm³/mol. The van der Waals surface area contributed by atoms with Crippen LogP contribution in [0, 0.1) is 5.92 Å². The number of hydrogen-bond acceptors (Lipinski definition) is 3. The lowest BCUT2D eigenvalue weighted by Crippen LogP contribution is -2.05. The van der Waals surface area contributed by atoms with E-state index in [-0.39, 0.29) is 0 Å². The smallest absolute Gasteiger partial charge is 0.189 e. The fourth-order valence-electron chi connectivity index (χ4n) is 1.33. The van der Waals surface area contributed by atoms with Crippen LogP contribution in [-0.2, 0) is 11.3 Å². The molecular weight excluding hydrogens is 190 g/mol. The first-order valence-corrected chi connectivity index (χ1v) is 5.38. The first-order valence-electron chi connectivity index (χ1n) is 5.38. The molecule has 15 heavy (non-hydrogen) atoms. The van der Waals surface area contributed by atoms with Crippen LogP contribution in [0.5, 0.6) is 5.75 Å². The zero-order valence-electron chi connectivity index (χ0n) is 8.82. The summed E-state index contributed by atoms with van der Waals surface area (Å²) in [6.45, 7) is 1.75. The summed E-state index contributed by atoms with van der Waals surface area (Å²) in [4.78, 5) is 0. The second-order valence-electron chi connectivity index (χ2n) is 3.92. The van der Waals surface area contributed by atoms with Crippen LogP contribution < -0.4 is 10.5 Å². The van der Waals surface area contributed by atoms with Crippen molar-refractivity contribution in [2.24, 2.45) is 11.7 Å². The molecule has 0 unspecified atom stereocenters. The summed E-state index contributed by atoms with van der Waals surface area (Å²) in [6, 6.07) is 7.78. The first-order chi connectivity index (χ1) is 7.38. The maximum atomic E-state index is 5.50. The van der Waals surface area contributed by atoms with E-state index in [0.717, 1.165) is 23.8 Å². The van der Waals surface area contributed by atoms with Crippen molar-refractivity contribution in [3.63, 3.8) is 0 Å². The molecule has 1 aliphatic carbocycles. The Balaban J connectivity index is 1.67. The summed E-state index contributed by atoms with van der Waals surface area (Å²) in [6.07, 6.45) is 2.62. The quantitative estimate of drug-likeness (QED) is 0.572. The summed E-state index contributed by atoms with van der Waals surface area (Å²) in [5, 5.41) is 0. The molecule has 0 aliphatic heterocycles. The normalized spacial score (nSPS) is 15.3. The maximum Gasteiger partial charge on any atom is 0.189 e. The number of hydrogen-bond donors (Lipinski definition) is 1. The van der Waals surface area contributed by atoms with Gasteiger partial charge in [-0.25, -0.2) is 0 Å². The zero-order valence-corrected chi connectivity index (χ0v) is 8.82. The van der Waals surface area contributed by atoms with Gasteiger partial charge in [-0.2, -0.15) is 0 Å². The Hall–Kier alpha value is -1.06. The highest BCUT2D eigenvalue weighted by molar-refractivity contribution is 5.26. The van der Waals surface area contributed by atoms with Crippen LogP contribution >= 0.6 is 0 Å². The second kappa shape index (κ2) is 5.14. The third-order valence-electron chi connectivity index (χ3n) is 2.52. The van der Waals surface area contributed by atoms with Crippen molar-refractivity contribution in [3.8, 4) is 5.75 Å². The van der Waals surface area contributed by atoms with E-state index in [1.165, 1.54) is 12.8 Å². The highest BCUT2D eigenvalue weighted by atomic mass is 16.7. The molecule has 0 saturated heterocycles. The molecule has 1 aromatic rings. The Labute approximate surface area is 90.2 Å². The molecule has 1 aliphatic rings. The Bertz CT molecular complexity index is 293. The summed E-state index contributed by atoms with van der Waals surface area (Å²) >= 11 is 0. The van der Waals surface area contributed by atoms with Crippen molar-refractivity contribution in [2.45, 2.75) is 19.4 Å². The standard InChI is InChI=1S/C12H17NO2/c13-7-10-3-5-12(6-4-10)15-9-14-8-11-1-2-11/h3-6,11H,1-2,7-9,13H2. The Morgan fingerprint density at radius 3 is 2.53 bits per heavy atom. The largest absolute Gasteiger partial charge is 0.468 e. The summed E-state index contributed by atoms with van der Waals surface area (Å²) in [7, 11) is 0. The van der Waals surface area contributed by atoms with Crippen molar-refractivity contribution >= 4 is 0 Å². The predicted octanol–water partition coefficient (Wildman–Crippen LogP) is 1.91. The number of ether oxygens (including phenoxy) is 2. The van der Waals surface area contributed by atoms with Crippen LogP contribution in [0.3, 0.4) is 0 Å². The molecule has 0 spiro atoms. The molecule has 1 saturated carbocycles. The average Bonchev–Trinajstić information content (AvgIpc) is 3.09. The van der Waals surface area contributed by atoms with Crippen LogP contribution in [0.1, 0.15) is 18.4 Å². The molecule has 1 fully saturated rings. The molecule has 2 N–H and O–H groups in total. The molecule has 0 amide bonds. The van der Waals surface area contributed by atoms with E-state index in [2.05, 4.69) is 0 Å². The highest BCUT2D eigenvalue weighted by Gasteiger charge is 2.20. The van der Waals surface area contributed by atoms with Crippen molar-refractivity contribution in [2.75, 3.05) is 13.4 Å². The van der Waals surface area contributed by atoms with Gasteiger partial charge in [-0.1, -0.05) is 12.1 Å². The van der Waals surface area contributed by atoms with E-state index in [9.17, 15) is 0 Å². The van der Waals surface area contributed by atoms with Gasteiger partial charge in [0.15, 0.2) is 6.79 Å². The molecule has 0 heterocycles. The van der Waals surface area contributed by atoms with Gasteiger partial charge in [0.25, 0.3) is 0 Å². The van der Waals surface area contributed by atoms with Gasteiger partial charge in [-0.05, 0) is 36.5 Å². The van der Waals surface area contributed by atoms with Gasteiger partial charge < -0.3 is 15.2 Å². The third-order valence-corrected chi connectivity index (χ3v) is 2.52. The SMILES string of the molecule is NCc1ccc(OCOCC2CC2)cc1. The molecule has 2 rings (SSSR count). The first kappa shape index (κ1) is 10.5. The van der Waals surface area contributed by atoms with Gasteiger partial charge in [0, 0.05) is 6.54 Å². The average molecular weight is 207 g/mol. The van der Waals surface area contributed by atoms with Gasteiger partial charge >= 0.3 is 0 Å². The van der Waals surface area contributed by atoms with Crippen LogP contribution in [0.2, 0.25) is 0 Å². The van der Waals surface area contributed by atoms with Gasteiger partial charge in [0.1, 0.15) is 5.75 Å². The lowest BCUT2D eigenvalue weighted by Gasteiger charge is -2.07. The van der Waals surface area contributed by atoms with E-state index in [1.54, 1.807) is 0 Å². The zero-order chi connectivity index (χ0) is 10.5. The van der Waals surface area contributed by atoms with Crippen LogP contribution in [-0.4, -0.2) is 13.4 Å². The van der Waals surface area contributed by atoms with E-state index < -0.39 is 0 Å². The number of nitrogens with two attached hydrogens (primary N) is 1. The van der Waals surface area contributed by atoms with Crippen molar-refractivity contribution in [3.05, 3.63) is 29.8 Å². The molecule has 0 radical (unpaired) electrons. The van der Waals surface area contributed by atoms with E-state index in [0.29, 0.717) is 13.3 Å². The monoisotopic (exact) mass is 207 g/mol. The fourth-order valence-corrected chi connectivity index (χ4v) is 1.33. The van der Waals surface area contributed by atoms with Gasteiger partial charge in [0.2, 0.25) is 0 Å². The van der Waals surface area contributed by atoms with E-state index in [1.807, 2.05) is 24.3 Å². The van der Waals surface area contributed by atoms with Crippen LogP contribution in [0.4, 0.5) is 0 Å². The summed E-state index contributed by atoms with van der Waals surface area (Å²) < 4.78 is 10.8. The van der Waals surface area contributed by atoms with Gasteiger partial charge in [-0.15, -0.1) is 0 Å². The Kier molecular flexibility index (Phi) is 3.59. The molecule has 0 atom stereocenters. The lowest BCUT2D eigenvalue weighted by atomic mass is 10.2. The molecule has 3 heteroatoms. The van der Waals surface area contributed by atoms with Crippen LogP contribution in [0.15, 0.2) is 24.3 Å². The molecule has 82 valence electrons. The summed E-state index contributed by atoms with van der Waals surface area (Å²) in [5.74, 6) is 1.62. The molecule has 3 nitrogen and oxygen atoms in total. The topological polar surface area (TPSA) is 44.5 Å². The Morgan fingerprint density at radius 2 is 1.93 bits per heavy atom. The minimum absolute atomic E-state index is 0.346. The Morgan fingerprint density at radius 1 is 1.20 bits per heavy atom. The lowest BCUT2D eigenvalue weighted by molar-refractivity contribution is 0.00997. The minimum Gasteiger partial charge on any atom is -0.468 e. The number of benzene rings is 1. The second-order valence-corrected chi connectivity index (χ2v) is 3.92. The van der Waals surface area contributed by atoms with Crippen LogP contribution in [0.25, 0.3) is 0 Å². The number of rotatable bonds is 6. The highest BCUT2D eigenvalue weighted by Crippen LogP contribution is 2.28. The van der Waals surface area contributed by atoms with Crippen molar-refractivity contribution in [1.29, 1.82) is 0 Å². The molecule has 1 aromatic carbocycles. The van der Waals surface area contributed by atoms with Gasteiger partial charge in [0.05, 0.1) is 6.61 Å².